The van der Waals surface area contributed by atoms with Gasteiger partial charge in [-0.2, -0.15) is 0 Å². The number of β-amino-alcohol motifs (C(OH)–C–C–N with tert-alkyl or cyclic N) is 1. The zero-order valence-electron chi connectivity index (χ0n) is 17.8. The lowest BCUT2D eigenvalue weighted by atomic mass is 9.70. The van der Waals surface area contributed by atoms with Gasteiger partial charge in [-0.25, -0.2) is 4.98 Å². The molecule has 7 nitrogen and oxygen atoms in total. The van der Waals surface area contributed by atoms with Crippen LogP contribution in [0.15, 0.2) is 18.3 Å². The lowest BCUT2D eigenvalue weighted by Gasteiger charge is -2.48. The first-order valence-corrected chi connectivity index (χ1v) is 11.1. The molecule has 3 fully saturated rings. The van der Waals surface area contributed by atoms with Crippen molar-refractivity contribution in [2.45, 2.75) is 52.1 Å². The molecule has 1 aliphatic carbocycles. The van der Waals surface area contributed by atoms with Crippen LogP contribution < -0.4 is 0 Å². The maximum Gasteiger partial charge on any atom is 0.272 e. The predicted octanol–water partition coefficient (Wildman–Crippen LogP) is 2.18. The van der Waals surface area contributed by atoms with Crippen LogP contribution in [-0.2, 0) is 4.79 Å². The smallest absolute Gasteiger partial charge is 0.272 e. The van der Waals surface area contributed by atoms with Gasteiger partial charge in [0.2, 0.25) is 5.91 Å². The van der Waals surface area contributed by atoms with E-state index in [0.717, 1.165) is 23.4 Å². The van der Waals surface area contributed by atoms with Crippen molar-refractivity contribution in [2.75, 3.05) is 26.2 Å². The zero-order valence-corrected chi connectivity index (χ0v) is 17.8. The van der Waals surface area contributed by atoms with Crippen LogP contribution in [0.3, 0.4) is 0 Å². The quantitative estimate of drug-likeness (QED) is 0.841. The maximum absolute atomic E-state index is 13.3. The van der Waals surface area contributed by atoms with E-state index in [1.165, 1.54) is 12.8 Å². The van der Waals surface area contributed by atoms with E-state index in [2.05, 4.69) is 4.98 Å². The summed E-state index contributed by atoms with van der Waals surface area (Å²) in [7, 11) is 0. The minimum absolute atomic E-state index is 0.0302. The minimum atomic E-state index is -0.519. The van der Waals surface area contributed by atoms with Gasteiger partial charge in [0, 0.05) is 32.4 Å². The second-order valence-corrected chi connectivity index (χ2v) is 9.56. The van der Waals surface area contributed by atoms with Crippen LogP contribution in [0.25, 0.3) is 5.65 Å². The number of fused-ring (bicyclic) bond motifs is 1. The van der Waals surface area contributed by atoms with Gasteiger partial charge in [0.15, 0.2) is 0 Å². The van der Waals surface area contributed by atoms with Gasteiger partial charge in [-0.1, -0.05) is 0 Å². The van der Waals surface area contributed by atoms with E-state index in [1.54, 1.807) is 0 Å². The van der Waals surface area contributed by atoms with E-state index in [9.17, 15) is 14.7 Å². The Bertz CT molecular complexity index is 999. The normalized spacial score (nSPS) is 24.1. The van der Waals surface area contributed by atoms with Gasteiger partial charge < -0.3 is 14.9 Å². The van der Waals surface area contributed by atoms with Crippen LogP contribution in [0, 0.1) is 25.2 Å². The second-order valence-electron chi connectivity index (χ2n) is 9.56. The summed E-state index contributed by atoms with van der Waals surface area (Å²) in [5.41, 5.74) is 2.70. The predicted molar refractivity (Wildman–Crippen MR) is 112 cm³/mol. The Morgan fingerprint density at radius 2 is 2.00 bits per heavy atom. The molecule has 1 saturated carbocycles. The number of imidazole rings is 1. The van der Waals surface area contributed by atoms with E-state index < -0.39 is 11.5 Å². The zero-order chi connectivity index (χ0) is 21.0. The van der Waals surface area contributed by atoms with E-state index in [4.69, 9.17) is 0 Å². The third-order valence-electron chi connectivity index (χ3n) is 7.14. The third kappa shape index (κ3) is 3.29. The van der Waals surface area contributed by atoms with Crippen molar-refractivity contribution in [3.05, 3.63) is 35.3 Å². The molecule has 2 saturated heterocycles. The second kappa shape index (κ2) is 7.08. The summed E-state index contributed by atoms with van der Waals surface area (Å²) in [5.74, 6) is 0.769. The number of aryl methyl sites for hydroxylation is 2. The number of carbonyl (C=O) groups is 2. The number of aromatic nitrogens is 2. The number of hydrogen-bond acceptors (Lipinski definition) is 4. The Morgan fingerprint density at radius 3 is 2.70 bits per heavy atom. The summed E-state index contributed by atoms with van der Waals surface area (Å²) in [6.07, 6.45) is 5.56. The molecule has 1 atom stereocenters. The number of amides is 2. The number of hydrogen-bond donors (Lipinski definition) is 1. The Balaban J connectivity index is 1.33. The van der Waals surface area contributed by atoms with Crippen molar-refractivity contribution >= 4 is 17.5 Å². The van der Waals surface area contributed by atoms with E-state index in [-0.39, 0.29) is 11.8 Å². The summed E-state index contributed by atoms with van der Waals surface area (Å²) < 4.78 is 1.86. The van der Waals surface area contributed by atoms with Crippen LogP contribution in [0.5, 0.6) is 0 Å². The summed E-state index contributed by atoms with van der Waals surface area (Å²) >= 11 is 0. The van der Waals surface area contributed by atoms with Gasteiger partial charge in [0.25, 0.3) is 5.91 Å². The molecular formula is C23H30N4O3. The number of aliphatic hydroxyl groups excluding tert-OH is 1. The van der Waals surface area contributed by atoms with Crippen LogP contribution in [0.4, 0.5) is 0 Å². The SMILES string of the molecule is Cc1ccn2c(C(=O)N3CCC4(CC3)CC(O)CN(CC3CC3)C4=O)c(C)nc2c1. The molecule has 0 bridgehead atoms. The summed E-state index contributed by atoms with van der Waals surface area (Å²) in [4.78, 5) is 34.9. The maximum atomic E-state index is 13.3. The Morgan fingerprint density at radius 1 is 1.27 bits per heavy atom. The molecule has 5 rings (SSSR count). The molecule has 0 aromatic carbocycles. The molecular weight excluding hydrogens is 380 g/mol. The first-order chi connectivity index (χ1) is 14.4. The Labute approximate surface area is 176 Å². The largest absolute Gasteiger partial charge is 0.391 e. The lowest BCUT2D eigenvalue weighted by Crippen LogP contribution is -2.58. The van der Waals surface area contributed by atoms with Crippen LogP contribution in [0.2, 0.25) is 0 Å². The van der Waals surface area contributed by atoms with E-state index >= 15 is 0 Å². The average molecular weight is 411 g/mol. The number of pyridine rings is 1. The highest BCUT2D eigenvalue weighted by Crippen LogP contribution is 2.42. The van der Waals surface area contributed by atoms with Crippen molar-refractivity contribution in [1.82, 2.24) is 19.2 Å². The first kappa shape index (κ1) is 19.5. The molecule has 2 aromatic rings. The monoisotopic (exact) mass is 410 g/mol. The van der Waals surface area contributed by atoms with E-state index in [1.807, 2.05) is 46.4 Å². The van der Waals surface area contributed by atoms with Crippen LogP contribution >= 0.6 is 0 Å². The highest BCUT2D eigenvalue weighted by Gasteiger charge is 2.49. The Kier molecular flexibility index (Phi) is 4.61. The molecule has 1 spiro atoms. The highest BCUT2D eigenvalue weighted by molar-refractivity contribution is 5.95. The molecule has 1 unspecified atom stereocenters. The van der Waals surface area contributed by atoms with Crippen molar-refractivity contribution in [3.8, 4) is 0 Å². The van der Waals surface area contributed by atoms with Gasteiger partial charge in [0.05, 0.1) is 17.2 Å². The van der Waals surface area contributed by atoms with Crippen molar-refractivity contribution in [3.63, 3.8) is 0 Å². The number of aliphatic hydroxyl groups is 1. The standard InChI is InChI=1S/C23H30N4O3/c1-15-5-8-27-19(11-15)24-16(2)20(27)21(29)25-9-6-23(7-10-25)12-18(28)14-26(22(23)30)13-17-3-4-17/h5,8,11,17-18,28H,3-4,6-7,9-10,12-14H2,1-2H3. The topological polar surface area (TPSA) is 78.2 Å². The summed E-state index contributed by atoms with van der Waals surface area (Å²) in [5, 5.41) is 10.5. The van der Waals surface area contributed by atoms with Crippen molar-refractivity contribution < 1.29 is 14.7 Å². The number of piperidine rings is 2. The average Bonchev–Trinajstić information content (AvgIpc) is 3.46. The molecule has 4 heterocycles. The van der Waals surface area contributed by atoms with Gasteiger partial charge in [-0.3, -0.25) is 14.0 Å². The fourth-order valence-corrected chi connectivity index (χ4v) is 5.27. The molecule has 2 aromatic heterocycles. The van der Waals surface area contributed by atoms with Crippen molar-refractivity contribution in [2.24, 2.45) is 11.3 Å². The van der Waals surface area contributed by atoms with Crippen LogP contribution in [0.1, 0.15) is 53.8 Å². The number of carbonyl (C=O) groups excluding carboxylic acids is 2. The van der Waals surface area contributed by atoms with Gasteiger partial charge in [0.1, 0.15) is 11.3 Å². The molecule has 2 aliphatic heterocycles. The number of likely N-dealkylation sites (tertiary alicyclic amines) is 2. The number of rotatable bonds is 3. The molecule has 1 N–H and O–H groups in total. The summed E-state index contributed by atoms with van der Waals surface area (Å²) in [6, 6.07) is 3.96. The number of nitrogens with zero attached hydrogens (tertiary/aromatic N) is 4. The summed E-state index contributed by atoms with van der Waals surface area (Å²) in [6.45, 7) is 6.19. The van der Waals surface area contributed by atoms with Crippen LogP contribution in [-0.4, -0.2) is 68.4 Å². The first-order valence-electron chi connectivity index (χ1n) is 11.1. The van der Waals surface area contributed by atoms with Crippen molar-refractivity contribution in [1.29, 1.82) is 0 Å². The molecule has 0 radical (unpaired) electrons. The minimum Gasteiger partial charge on any atom is -0.391 e. The highest BCUT2D eigenvalue weighted by atomic mass is 16.3. The fourth-order valence-electron chi connectivity index (χ4n) is 5.27. The molecule has 3 aliphatic rings. The molecule has 7 heteroatoms. The van der Waals surface area contributed by atoms with Gasteiger partial charge >= 0.3 is 0 Å². The third-order valence-corrected chi connectivity index (χ3v) is 7.14. The van der Waals surface area contributed by atoms with E-state index in [0.29, 0.717) is 50.5 Å². The van der Waals surface area contributed by atoms with Gasteiger partial charge in [-0.15, -0.1) is 0 Å². The lowest BCUT2D eigenvalue weighted by molar-refractivity contribution is -0.156. The molecule has 160 valence electrons. The van der Waals surface area contributed by atoms with Gasteiger partial charge in [-0.05, 0) is 69.6 Å². The fraction of sp³-hybridized carbons (Fsp3) is 0.609. The molecule has 2 amide bonds. The molecule has 30 heavy (non-hydrogen) atoms. The Hall–Kier alpha value is -2.41.